The number of aliphatic hydroxyl groups excluding tert-OH is 1. The topological polar surface area (TPSA) is 96.4 Å². The number of ether oxygens (including phenoxy) is 2. The minimum absolute atomic E-state index is 0.0216. The van der Waals surface area contributed by atoms with Crippen LogP contribution in [0.15, 0.2) is 22.9 Å². The van der Waals surface area contributed by atoms with Crippen molar-refractivity contribution in [3.05, 3.63) is 22.9 Å². The van der Waals surface area contributed by atoms with E-state index in [1.165, 1.54) is 6.92 Å². The van der Waals surface area contributed by atoms with Gasteiger partial charge in [0.25, 0.3) is 5.78 Å². The SMILES string of the molecule is C[C@@H]1C[C@H]2C3C4OC5=C([C@@H]4F)[C@@](C)(C4=C(O4)C5=O)[C@@]3(F)[C@@H](O)C[C@]2(C)[C@@]1(O)C(=O)SCF. The molecule has 6 nitrogen and oxygen atoms in total. The number of aliphatic hydroxyl groups is 2. The van der Waals surface area contributed by atoms with Crippen molar-refractivity contribution >= 4 is 22.7 Å². The first kappa shape index (κ1) is 21.0. The monoisotopic (exact) mass is 472 g/mol. The third-order valence-corrected chi connectivity index (χ3v) is 10.2. The molecule has 0 spiro atoms. The lowest BCUT2D eigenvalue weighted by atomic mass is 9.44. The fourth-order valence-electron chi connectivity index (χ4n) is 7.94. The van der Waals surface area contributed by atoms with E-state index in [4.69, 9.17) is 9.47 Å². The van der Waals surface area contributed by atoms with Crippen LogP contribution in [0.3, 0.4) is 0 Å². The first-order chi connectivity index (χ1) is 14.9. The number of rotatable bonds is 2. The molecule has 4 aliphatic carbocycles. The van der Waals surface area contributed by atoms with Crippen LogP contribution in [-0.2, 0) is 19.1 Å². The molecule has 0 radical (unpaired) electrons. The number of carbonyl (C=O) groups is 2. The molecule has 0 aromatic heterocycles. The number of Topliss-reactive ketones (excluding diaryl/α,β-unsaturated/α-hetero) is 1. The number of halogens is 3. The molecular formula is C22H23F3O6S. The second-order valence-electron chi connectivity index (χ2n) is 10.4. The molecular weight excluding hydrogens is 449 g/mol. The normalized spacial score (nSPS) is 54.6. The summed E-state index contributed by atoms with van der Waals surface area (Å²) in [5.41, 5.74) is -7.69. The van der Waals surface area contributed by atoms with Gasteiger partial charge in [0, 0.05) is 16.9 Å². The molecule has 10 heteroatoms. The fourth-order valence-corrected chi connectivity index (χ4v) is 8.70. The van der Waals surface area contributed by atoms with E-state index >= 15 is 8.78 Å². The van der Waals surface area contributed by atoms with Crippen molar-refractivity contribution in [3.63, 3.8) is 0 Å². The van der Waals surface area contributed by atoms with Gasteiger partial charge in [-0.2, -0.15) is 0 Å². The highest BCUT2D eigenvalue weighted by Gasteiger charge is 2.84. The number of hydrogen-bond donors (Lipinski definition) is 2. The van der Waals surface area contributed by atoms with E-state index in [-0.39, 0.29) is 35.7 Å². The van der Waals surface area contributed by atoms with Crippen LogP contribution in [0.4, 0.5) is 13.2 Å². The van der Waals surface area contributed by atoms with Gasteiger partial charge in [-0.3, -0.25) is 9.59 Å². The molecule has 6 rings (SSSR count). The Labute approximate surface area is 186 Å². The highest BCUT2D eigenvalue weighted by atomic mass is 32.2. The van der Waals surface area contributed by atoms with Crippen molar-refractivity contribution in [2.24, 2.45) is 28.6 Å². The highest BCUT2D eigenvalue weighted by Crippen LogP contribution is 2.76. The predicted molar refractivity (Wildman–Crippen MR) is 105 cm³/mol. The average molecular weight is 472 g/mol. The van der Waals surface area contributed by atoms with Gasteiger partial charge in [-0.05, 0) is 31.6 Å². The molecule has 0 aromatic carbocycles. The van der Waals surface area contributed by atoms with E-state index in [1.54, 1.807) is 13.8 Å². The van der Waals surface area contributed by atoms with Crippen LogP contribution >= 0.6 is 11.8 Å². The van der Waals surface area contributed by atoms with Crippen LogP contribution < -0.4 is 0 Å². The number of alkyl halides is 3. The molecule has 2 heterocycles. The molecule has 10 atom stereocenters. The minimum Gasteiger partial charge on any atom is -0.482 e. The second kappa shape index (κ2) is 5.75. The van der Waals surface area contributed by atoms with Crippen molar-refractivity contribution in [2.75, 3.05) is 6.01 Å². The molecule has 3 fully saturated rings. The van der Waals surface area contributed by atoms with Crippen molar-refractivity contribution in [1.29, 1.82) is 0 Å². The summed E-state index contributed by atoms with van der Waals surface area (Å²) in [5.74, 6) is -3.64. The number of hydrogen-bond acceptors (Lipinski definition) is 7. The number of fused-ring (bicyclic) bond motifs is 7. The summed E-state index contributed by atoms with van der Waals surface area (Å²) in [6.45, 7) is 4.63. The molecule has 2 N–H and O–H groups in total. The molecule has 0 aromatic rings. The zero-order valence-corrected chi connectivity index (χ0v) is 18.5. The molecule has 0 amide bonds. The van der Waals surface area contributed by atoms with Gasteiger partial charge in [0.15, 0.2) is 23.4 Å². The molecule has 2 aliphatic heterocycles. The van der Waals surface area contributed by atoms with E-state index in [0.717, 1.165) is 0 Å². The fraction of sp³-hybridized carbons (Fsp3) is 0.727. The van der Waals surface area contributed by atoms with Crippen molar-refractivity contribution in [3.8, 4) is 0 Å². The Hall–Kier alpha value is -1.52. The van der Waals surface area contributed by atoms with E-state index < -0.39 is 75.1 Å². The third-order valence-electron chi connectivity index (χ3n) is 9.48. The van der Waals surface area contributed by atoms with E-state index in [0.29, 0.717) is 11.8 Å². The Balaban J connectivity index is 1.55. The number of allylic oxidation sites excluding steroid dienone is 1. The maximum atomic E-state index is 17.3. The molecule has 2 unspecified atom stereocenters. The van der Waals surface area contributed by atoms with E-state index in [9.17, 15) is 24.2 Å². The highest BCUT2D eigenvalue weighted by molar-refractivity contribution is 8.13. The van der Waals surface area contributed by atoms with Gasteiger partial charge < -0.3 is 19.7 Å². The van der Waals surface area contributed by atoms with Crippen LogP contribution in [0, 0.1) is 28.6 Å². The van der Waals surface area contributed by atoms with Crippen LogP contribution in [0.1, 0.15) is 33.6 Å². The Morgan fingerprint density at radius 3 is 2.66 bits per heavy atom. The quantitative estimate of drug-likeness (QED) is 0.638. The lowest BCUT2D eigenvalue weighted by Crippen LogP contribution is -2.73. The predicted octanol–water partition coefficient (Wildman–Crippen LogP) is 2.49. The molecule has 0 saturated heterocycles. The Kier molecular flexibility index (Phi) is 3.78. The summed E-state index contributed by atoms with van der Waals surface area (Å²) in [6.07, 6.45) is -5.01. The van der Waals surface area contributed by atoms with Gasteiger partial charge in [-0.25, -0.2) is 13.2 Å². The zero-order chi connectivity index (χ0) is 23.2. The molecule has 174 valence electrons. The van der Waals surface area contributed by atoms with Crippen molar-refractivity contribution in [2.45, 2.75) is 63.3 Å². The molecule has 6 aliphatic rings. The lowest BCUT2D eigenvalue weighted by molar-refractivity contribution is -0.241. The van der Waals surface area contributed by atoms with Crippen LogP contribution in [-0.4, -0.2) is 56.8 Å². The number of thioether (sulfide) groups is 1. The number of ketones is 1. The Morgan fingerprint density at radius 2 is 2.00 bits per heavy atom. The molecule has 3 saturated carbocycles. The maximum Gasteiger partial charge on any atom is 0.266 e. The van der Waals surface area contributed by atoms with Crippen LogP contribution in [0.2, 0.25) is 0 Å². The summed E-state index contributed by atoms with van der Waals surface area (Å²) in [6, 6.07) is -1.03. The average Bonchev–Trinajstić information content (AvgIpc) is 3.44. The Morgan fingerprint density at radius 1 is 1.31 bits per heavy atom. The number of carbonyl (C=O) groups excluding carboxylic acids is 2. The van der Waals surface area contributed by atoms with Crippen molar-refractivity contribution < 1.29 is 42.4 Å². The van der Waals surface area contributed by atoms with Crippen LogP contribution in [0.5, 0.6) is 0 Å². The largest absolute Gasteiger partial charge is 0.482 e. The smallest absolute Gasteiger partial charge is 0.266 e. The van der Waals surface area contributed by atoms with Crippen molar-refractivity contribution in [1.82, 2.24) is 0 Å². The first-order valence-corrected chi connectivity index (χ1v) is 11.7. The van der Waals surface area contributed by atoms with Crippen LogP contribution in [0.25, 0.3) is 0 Å². The molecule has 2 bridgehead atoms. The van der Waals surface area contributed by atoms with E-state index in [2.05, 4.69) is 0 Å². The van der Waals surface area contributed by atoms with E-state index in [1.807, 2.05) is 0 Å². The van der Waals surface area contributed by atoms with Gasteiger partial charge in [-0.15, -0.1) is 0 Å². The van der Waals surface area contributed by atoms with Gasteiger partial charge in [-0.1, -0.05) is 25.6 Å². The summed E-state index contributed by atoms with van der Waals surface area (Å²) in [4.78, 5) is 25.5. The first-order valence-electron chi connectivity index (χ1n) is 10.8. The summed E-state index contributed by atoms with van der Waals surface area (Å²) in [7, 11) is 0. The van der Waals surface area contributed by atoms with Gasteiger partial charge in [0.05, 0.1) is 11.5 Å². The van der Waals surface area contributed by atoms with Gasteiger partial charge >= 0.3 is 0 Å². The Bertz CT molecular complexity index is 1060. The minimum atomic E-state index is -2.44. The second-order valence-corrected chi connectivity index (χ2v) is 11.3. The van der Waals surface area contributed by atoms with Gasteiger partial charge in [0.2, 0.25) is 10.9 Å². The van der Waals surface area contributed by atoms with Gasteiger partial charge in [0.1, 0.15) is 17.7 Å². The summed E-state index contributed by atoms with van der Waals surface area (Å²) >= 11 is 0.336. The standard InChI is InChI=1S/C22H23F3O6S/c1-7-4-8-10-14-12(24)11-15(30-14)13(27)16-17(31-16)20(11,3)21(10,25)9(26)5-19(8,2)22(7,29)18(28)32-6-23/h7-10,12,14,26,29H,4-6H2,1-3H3/t7-,8+,9+,10?,12+,14?,19+,20+,21-,22+/m1/s1. The zero-order valence-electron chi connectivity index (χ0n) is 17.7. The molecule has 32 heavy (non-hydrogen) atoms. The lowest BCUT2D eigenvalue weighted by Gasteiger charge is -2.61. The summed E-state index contributed by atoms with van der Waals surface area (Å²) in [5, 5.41) is 22.1. The maximum absolute atomic E-state index is 17.3. The third kappa shape index (κ3) is 1.83. The summed E-state index contributed by atoms with van der Waals surface area (Å²) < 4.78 is 57.2.